The van der Waals surface area contributed by atoms with Gasteiger partial charge in [0.15, 0.2) is 11.5 Å². The molecule has 5 heteroatoms. The summed E-state index contributed by atoms with van der Waals surface area (Å²) in [6, 6.07) is 11.3. The molecule has 0 aliphatic carbocycles. The predicted octanol–water partition coefficient (Wildman–Crippen LogP) is 5.08. The average molecular weight is 354 g/mol. The van der Waals surface area contributed by atoms with Crippen molar-refractivity contribution in [1.82, 2.24) is 5.32 Å². The van der Waals surface area contributed by atoms with E-state index in [-0.39, 0.29) is 0 Å². The average Bonchev–Trinajstić information content (AvgIpc) is 2.56. The van der Waals surface area contributed by atoms with E-state index < -0.39 is 0 Å². The first-order chi connectivity index (χ1) is 11.2. The Morgan fingerprint density at radius 1 is 1.00 bits per heavy atom. The topological polar surface area (TPSA) is 30.5 Å². The van der Waals surface area contributed by atoms with Crippen molar-refractivity contribution in [2.24, 2.45) is 0 Å². The van der Waals surface area contributed by atoms with Crippen molar-refractivity contribution in [3.8, 4) is 11.5 Å². The second-order valence-electron chi connectivity index (χ2n) is 5.15. The number of hydrogen-bond donors (Lipinski definition) is 1. The van der Waals surface area contributed by atoms with Crippen LogP contribution in [0.15, 0.2) is 36.4 Å². The van der Waals surface area contributed by atoms with Crippen LogP contribution in [0.25, 0.3) is 0 Å². The molecule has 0 aliphatic rings. The fourth-order valence-corrected chi connectivity index (χ4v) is 2.57. The quantitative estimate of drug-likeness (QED) is 0.671. The Hall–Kier alpha value is -1.42. The fourth-order valence-electron chi connectivity index (χ4n) is 2.16. The molecule has 0 fully saturated rings. The van der Waals surface area contributed by atoms with Crippen molar-refractivity contribution < 1.29 is 9.47 Å². The monoisotopic (exact) mass is 353 g/mol. The fraction of sp³-hybridized carbons (Fsp3) is 0.333. The van der Waals surface area contributed by atoms with Crippen LogP contribution >= 0.6 is 23.2 Å². The van der Waals surface area contributed by atoms with Gasteiger partial charge in [-0.1, -0.05) is 48.3 Å². The number of rotatable bonds is 8. The van der Waals surface area contributed by atoms with Crippen LogP contribution < -0.4 is 14.8 Å². The lowest BCUT2D eigenvalue weighted by molar-refractivity contribution is 0.284. The maximum atomic E-state index is 6.35. The number of halogens is 2. The summed E-state index contributed by atoms with van der Waals surface area (Å²) in [6.07, 6.45) is 1.08. The number of benzene rings is 2. The Labute approximate surface area is 147 Å². The third-order valence-corrected chi connectivity index (χ3v) is 4.14. The minimum Gasteiger partial charge on any atom is -0.493 e. The van der Waals surface area contributed by atoms with Crippen LogP contribution in [-0.2, 0) is 13.2 Å². The molecule has 0 amide bonds. The second kappa shape index (κ2) is 9.02. The third-order valence-electron chi connectivity index (χ3n) is 3.42. The summed E-state index contributed by atoms with van der Waals surface area (Å²) in [5, 5.41) is 4.66. The molecule has 0 aromatic heterocycles. The number of hydrogen-bond acceptors (Lipinski definition) is 3. The summed E-state index contributed by atoms with van der Waals surface area (Å²) in [6.45, 7) is 4.14. The van der Waals surface area contributed by atoms with Crippen molar-refractivity contribution >= 4 is 23.2 Å². The van der Waals surface area contributed by atoms with Crippen LogP contribution in [0.2, 0.25) is 10.0 Å². The molecule has 2 aromatic rings. The van der Waals surface area contributed by atoms with Crippen LogP contribution in [-0.4, -0.2) is 13.7 Å². The Kier molecular flexibility index (Phi) is 7.03. The molecule has 0 aliphatic heterocycles. The molecule has 2 aromatic carbocycles. The smallest absolute Gasteiger partial charge is 0.163 e. The van der Waals surface area contributed by atoms with Gasteiger partial charge in [0.05, 0.1) is 7.11 Å². The molecule has 124 valence electrons. The molecule has 0 saturated carbocycles. The number of ether oxygens (including phenoxy) is 2. The lowest BCUT2D eigenvalue weighted by Crippen LogP contribution is -2.14. The normalized spacial score (nSPS) is 10.6. The van der Waals surface area contributed by atoms with Crippen molar-refractivity contribution in [1.29, 1.82) is 0 Å². The standard InChI is InChI=1S/C18H21Cl2NO2/c1-3-8-21-11-14-9-17(22-2)18(10-16(14)20)23-12-13-6-4-5-7-15(13)19/h4-7,9-10,21H,3,8,11-12H2,1-2H3. The molecule has 1 N–H and O–H groups in total. The maximum absolute atomic E-state index is 6.35. The Bertz CT molecular complexity index is 647. The van der Waals surface area contributed by atoms with Gasteiger partial charge in [0.25, 0.3) is 0 Å². The lowest BCUT2D eigenvalue weighted by atomic mass is 10.2. The van der Waals surface area contributed by atoms with Gasteiger partial charge in [-0.05, 0) is 30.7 Å². The highest BCUT2D eigenvalue weighted by molar-refractivity contribution is 6.31. The van der Waals surface area contributed by atoms with Crippen LogP contribution in [0.5, 0.6) is 11.5 Å². The van der Waals surface area contributed by atoms with E-state index in [1.54, 1.807) is 13.2 Å². The van der Waals surface area contributed by atoms with E-state index in [4.69, 9.17) is 32.7 Å². The second-order valence-corrected chi connectivity index (χ2v) is 5.97. The van der Waals surface area contributed by atoms with Crippen LogP contribution in [0, 0.1) is 0 Å². The molecule has 0 saturated heterocycles. The van der Waals surface area contributed by atoms with Gasteiger partial charge in [0.2, 0.25) is 0 Å². The highest BCUT2D eigenvalue weighted by Crippen LogP contribution is 2.34. The van der Waals surface area contributed by atoms with Gasteiger partial charge in [-0.3, -0.25) is 0 Å². The number of methoxy groups -OCH3 is 1. The van der Waals surface area contributed by atoms with Crippen molar-refractivity contribution in [2.45, 2.75) is 26.5 Å². The van der Waals surface area contributed by atoms with E-state index in [0.717, 1.165) is 24.1 Å². The molecule has 0 bridgehead atoms. The van der Waals surface area contributed by atoms with E-state index >= 15 is 0 Å². The largest absolute Gasteiger partial charge is 0.493 e. The predicted molar refractivity (Wildman–Crippen MR) is 95.8 cm³/mol. The third kappa shape index (κ3) is 5.03. The molecule has 2 rings (SSSR count). The molecule has 0 atom stereocenters. The molecule has 23 heavy (non-hydrogen) atoms. The summed E-state index contributed by atoms with van der Waals surface area (Å²) < 4.78 is 11.3. The molecule has 0 heterocycles. The van der Waals surface area contributed by atoms with E-state index in [0.29, 0.717) is 34.7 Å². The molecule has 0 spiro atoms. The first kappa shape index (κ1) is 17.9. The van der Waals surface area contributed by atoms with E-state index in [2.05, 4.69) is 12.2 Å². The Balaban J connectivity index is 2.12. The number of nitrogens with one attached hydrogen (secondary N) is 1. The van der Waals surface area contributed by atoms with E-state index in [1.165, 1.54) is 0 Å². The van der Waals surface area contributed by atoms with Gasteiger partial charge in [-0.15, -0.1) is 0 Å². The van der Waals surface area contributed by atoms with Crippen LogP contribution in [0.1, 0.15) is 24.5 Å². The highest BCUT2D eigenvalue weighted by atomic mass is 35.5. The van der Waals surface area contributed by atoms with Gasteiger partial charge in [0, 0.05) is 28.2 Å². The van der Waals surface area contributed by atoms with Gasteiger partial charge in [-0.25, -0.2) is 0 Å². The summed E-state index contributed by atoms with van der Waals surface area (Å²) in [7, 11) is 1.62. The Morgan fingerprint density at radius 3 is 2.48 bits per heavy atom. The van der Waals surface area contributed by atoms with E-state index in [9.17, 15) is 0 Å². The van der Waals surface area contributed by atoms with Crippen molar-refractivity contribution in [2.75, 3.05) is 13.7 Å². The van der Waals surface area contributed by atoms with Gasteiger partial charge in [0.1, 0.15) is 6.61 Å². The molecule has 3 nitrogen and oxygen atoms in total. The molecular weight excluding hydrogens is 333 g/mol. The van der Waals surface area contributed by atoms with Gasteiger partial charge in [-0.2, -0.15) is 0 Å². The summed E-state index contributed by atoms with van der Waals surface area (Å²) in [5.74, 6) is 1.27. The minimum atomic E-state index is 0.361. The Morgan fingerprint density at radius 2 is 1.78 bits per heavy atom. The zero-order chi connectivity index (χ0) is 16.7. The van der Waals surface area contributed by atoms with Crippen molar-refractivity contribution in [3.63, 3.8) is 0 Å². The molecular formula is C18H21Cl2NO2. The first-order valence-electron chi connectivity index (χ1n) is 7.59. The maximum Gasteiger partial charge on any atom is 0.163 e. The van der Waals surface area contributed by atoms with Gasteiger partial charge >= 0.3 is 0 Å². The molecule has 0 radical (unpaired) electrons. The summed E-state index contributed by atoms with van der Waals surface area (Å²) in [4.78, 5) is 0. The van der Waals surface area contributed by atoms with Crippen LogP contribution in [0.4, 0.5) is 0 Å². The SMILES string of the molecule is CCCNCc1cc(OC)c(OCc2ccccc2Cl)cc1Cl. The van der Waals surface area contributed by atoms with E-state index in [1.807, 2.05) is 30.3 Å². The van der Waals surface area contributed by atoms with Gasteiger partial charge < -0.3 is 14.8 Å². The zero-order valence-electron chi connectivity index (χ0n) is 13.4. The van der Waals surface area contributed by atoms with Crippen LogP contribution in [0.3, 0.4) is 0 Å². The minimum absolute atomic E-state index is 0.361. The zero-order valence-corrected chi connectivity index (χ0v) is 14.9. The summed E-state index contributed by atoms with van der Waals surface area (Å²) in [5.41, 5.74) is 1.91. The molecule has 0 unspecified atom stereocenters. The van der Waals surface area contributed by atoms with Crippen molar-refractivity contribution in [3.05, 3.63) is 57.6 Å². The summed E-state index contributed by atoms with van der Waals surface area (Å²) >= 11 is 12.5. The lowest BCUT2D eigenvalue weighted by Gasteiger charge is -2.14. The highest BCUT2D eigenvalue weighted by Gasteiger charge is 2.11. The first-order valence-corrected chi connectivity index (χ1v) is 8.34.